The van der Waals surface area contributed by atoms with Gasteiger partial charge in [0.25, 0.3) is 0 Å². The lowest BCUT2D eigenvalue weighted by molar-refractivity contribution is -0.116. The van der Waals surface area contributed by atoms with Gasteiger partial charge in [0, 0.05) is 25.2 Å². The lowest BCUT2D eigenvalue weighted by Crippen LogP contribution is -2.36. The number of nitrogens with zero attached hydrogens (tertiary/aromatic N) is 2. The SMILES string of the molecule is O=C(CCC1CCCC1)Nc1ccc2nc(N3CCOCC3)sc2c1. The summed E-state index contributed by atoms with van der Waals surface area (Å²) in [6.45, 7) is 3.31. The molecule has 2 aliphatic rings. The lowest BCUT2D eigenvalue weighted by Gasteiger charge is -2.25. The highest BCUT2D eigenvalue weighted by molar-refractivity contribution is 7.22. The molecule has 4 rings (SSSR count). The summed E-state index contributed by atoms with van der Waals surface area (Å²) >= 11 is 1.69. The van der Waals surface area contributed by atoms with E-state index >= 15 is 0 Å². The van der Waals surface area contributed by atoms with Crippen LogP contribution in [0, 0.1) is 5.92 Å². The fraction of sp³-hybridized carbons (Fsp3) is 0.579. The van der Waals surface area contributed by atoms with Crippen molar-refractivity contribution in [2.75, 3.05) is 36.5 Å². The van der Waals surface area contributed by atoms with E-state index in [1.807, 2.05) is 18.2 Å². The van der Waals surface area contributed by atoms with Gasteiger partial charge < -0.3 is 15.0 Å². The molecule has 134 valence electrons. The Morgan fingerprint density at radius 3 is 2.88 bits per heavy atom. The molecule has 0 radical (unpaired) electrons. The number of ether oxygens (including phenoxy) is 1. The van der Waals surface area contributed by atoms with Crippen LogP contribution < -0.4 is 10.2 Å². The molecule has 1 saturated carbocycles. The van der Waals surface area contributed by atoms with Crippen LogP contribution in [0.4, 0.5) is 10.8 Å². The number of benzene rings is 1. The Hall–Kier alpha value is -1.66. The van der Waals surface area contributed by atoms with Gasteiger partial charge in [-0.2, -0.15) is 0 Å². The first-order valence-electron chi connectivity index (χ1n) is 9.31. The molecule has 1 N–H and O–H groups in total. The van der Waals surface area contributed by atoms with Crippen molar-refractivity contribution in [1.29, 1.82) is 0 Å². The molecule has 5 nitrogen and oxygen atoms in total. The molecule has 0 spiro atoms. The Kier molecular flexibility index (Phi) is 5.17. The van der Waals surface area contributed by atoms with Crippen LogP contribution in [0.5, 0.6) is 0 Å². The van der Waals surface area contributed by atoms with E-state index in [1.54, 1.807) is 11.3 Å². The van der Waals surface area contributed by atoms with Crippen LogP contribution in [-0.2, 0) is 9.53 Å². The predicted octanol–water partition coefficient (Wildman–Crippen LogP) is 4.04. The second-order valence-corrected chi connectivity index (χ2v) is 8.02. The maximum atomic E-state index is 12.2. The van der Waals surface area contributed by atoms with Gasteiger partial charge >= 0.3 is 0 Å². The number of hydrogen-bond donors (Lipinski definition) is 1. The van der Waals surface area contributed by atoms with Crippen molar-refractivity contribution in [2.24, 2.45) is 5.92 Å². The average Bonchev–Trinajstić information content (AvgIpc) is 3.30. The van der Waals surface area contributed by atoms with Gasteiger partial charge in [0.1, 0.15) is 0 Å². The molecule has 2 aromatic rings. The average molecular weight is 359 g/mol. The molecule has 1 aromatic heterocycles. The largest absolute Gasteiger partial charge is 0.378 e. The number of carbonyl (C=O) groups is 1. The summed E-state index contributed by atoms with van der Waals surface area (Å²) in [6.07, 6.45) is 6.91. The minimum Gasteiger partial charge on any atom is -0.378 e. The molecule has 0 bridgehead atoms. The Bertz CT molecular complexity index is 733. The number of aromatic nitrogens is 1. The molecule has 25 heavy (non-hydrogen) atoms. The van der Waals surface area contributed by atoms with E-state index in [2.05, 4.69) is 10.2 Å². The molecule has 1 amide bonds. The van der Waals surface area contributed by atoms with E-state index in [-0.39, 0.29) is 5.91 Å². The number of morpholine rings is 1. The quantitative estimate of drug-likeness (QED) is 0.875. The molecule has 1 aliphatic heterocycles. The zero-order chi connectivity index (χ0) is 17.1. The number of anilines is 2. The monoisotopic (exact) mass is 359 g/mol. The zero-order valence-corrected chi connectivity index (χ0v) is 15.3. The summed E-state index contributed by atoms with van der Waals surface area (Å²) < 4.78 is 6.53. The van der Waals surface area contributed by atoms with E-state index < -0.39 is 0 Å². The number of nitrogens with one attached hydrogen (secondary N) is 1. The van der Waals surface area contributed by atoms with Crippen LogP contribution in [0.25, 0.3) is 10.2 Å². The van der Waals surface area contributed by atoms with Crippen LogP contribution in [0.1, 0.15) is 38.5 Å². The smallest absolute Gasteiger partial charge is 0.224 e. The van der Waals surface area contributed by atoms with E-state index in [1.165, 1.54) is 25.7 Å². The van der Waals surface area contributed by atoms with Gasteiger partial charge in [0.15, 0.2) is 5.13 Å². The zero-order valence-electron chi connectivity index (χ0n) is 14.5. The van der Waals surface area contributed by atoms with Crippen LogP contribution in [-0.4, -0.2) is 37.2 Å². The molecule has 1 saturated heterocycles. The Morgan fingerprint density at radius 1 is 1.28 bits per heavy atom. The first-order chi connectivity index (χ1) is 12.3. The van der Waals surface area contributed by atoms with Crippen molar-refractivity contribution in [3.8, 4) is 0 Å². The maximum absolute atomic E-state index is 12.2. The van der Waals surface area contributed by atoms with Gasteiger partial charge in [-0.05, 0) is 30.5 Å². The number of rotatable bonds is 5. The summed E-state index contributed by atoms with van der Waals surface area (Å²) in [7, 11) is 0. The molecule has 2 fully saturated rings. The Morgan fingerprint density at radius 2 is 2.08 bits per heavy atom. The van der Waals surface area contributed by atoms with Crippen molar-refractivity contribution >= 4 is 38.3 Å². The lowest BCUT2D eigenvalue weighted by atomic mass is 10.0. The van der Waals surface area contributed by atoms with Gasteiger partial charge in [0.2, 0.25) is 5.91 Å². The number of thiazole rings is 1. The fourth-order valence-corrected chi connectivity index (χ4v) is 4.79. The van der Waals surface area contributed by atoms with Crippen LogP contribution in [0.2, 0.25) is 0 Å². The number of amides is 1. The van der Waals surface area contributed by atoms with Gasteiger partial charge in [-0.3, -0.25) is 4.79 Å². The van der Waals surface area contributed by atoms with Crippen molar-refractivity contribution in [3.63, 3.8) is 0 Å². The molecule has 1 aliphatic carbocycles. The molecular formula is C19H25N3O2S. The van der Waals surface area contributed by atoms with Crippen LogP contribution >= 0.6 is 11.3 Å². The third-order valence-corrected chi connectivity index (χ3v) is 6.28. The number of hydrogen-bond acceptors (Lipinski definition) is 5. The van der Waals surface area contributed by atoms with E-state index in [0.717, 1.165) is 59.7 Å². The van der Waals surface area contributed by atoms with Crippen molar-refractivity contribution < 1.29 is 9.53 Å². The Balaban J connectivity index is 1.39. The van der Waals surface area contributed by atoms with Gasteiger partial charge in [-0.1, -0.05) is 37.0 Å². The van der Waals surface area contributed by atoms with Crippen molar-refractivity contribution in [2.45, 2.75) is 38.5 Å². The topological polar surface area (TPSA) is 54.5 Å². The highest BCUT2D eigenvalue weighted by Crippen LogP contribution is 2.32. The minimum absolute atomic E-state index is 0.129. The number of carbonyl (C=O) groups excluding carboxylic acids is 1. The van der Waals surface area contributed by atoms with E-state index in [0.29, 0.717) is 6.42 Å². The van der Waals surface area contributed by atoms with Gasteiger partial charge in [0.05, 0.1) is 23.4 Å². The summed E-state index contributed by atoms with van der Waals surface area (Å²) in [5, 5.41) is 4.10. The van der Waals surface area contributed by atoms with Crippen LogP contribution in [0.3, 0.4) is 0 Å². The summed E-state index contributed by atoms with van der Waals surface area (Å²) in [5.74, 6) is 0.884. The fourth-order valence-electron chi connectivity index (χ4n) is 3.74. The van der Waals surface area contributed by atoms with Crippen LogP contribution in [0.15, 0.2) is 18.2 Å². The molecular weight excluding hydrogens is 334 g/mol. The third kappa shape index (κ3) is 4.12. The normalized spacial score (nSPS) is 18.8. The molecule has 6 heteroatoms. The summed E-state index contributed by atoms with van der Waals surface area (Å²) in [6, 6.07) is 6.01. The minimum atomic E-state index is 0.129. The summed E-state index contributed by atoms with van der Waals surface area (Å²) in [5.41, 5.74) is 1.87. The highest BCUT2D eigenvalue weighted by Gasteiger charge is 2.17. The first kappa shape index (κ1) is 16.8. The van der Waals surface area contributed by atoms with Gasteiger partial charge in [-0.25, -0.2) is 4.98 Å². The summed E-state index contributed by atoms with van der Waals surface area (Å²) in [4.78, 5) is 19.2. The van der Waals surface area contributed by atoms with Crippen molar-refractivity contribution in [3.05, 3.63) is 18.2 Å². The van der Waals surface area contributed by atoms with E-state index in [4.69, 9.17) is 9.72 Å². The van der Waals surface area contributed by atoms with E-state index in [9.17, 15) is 4.79 Å². The third-order valence-electron chi connectivity index (χ3n) is 5.20. The second kappa shape index (κ2) is 7.70. The van der Waals surface area contributed by atoms with Crippen molar-refractivity contribution in [1.82, 2.24) is 4.98 Å². The standard InChI is InChI=1S/C19H25N3O2S/c23-18(8-5-14-3-1-2-4-14)20-15-6-7-16-17(13-15)25-19(21-16)22-9-11-24-12-10-22/h6-7,13-14H,1-5,8-12H2,(H,20,23). The molecule has 1 aromatic carbocycles. The first-order valence-corrected chi connectivity index (χ1v) is 10.1. The molecule has 2 heterocycles. The second-order valence-electron chi connectivity index (χ2n) is 7.02. The highest BCUT2D eigenvalue weighted by atomic mass is 32.1. The van der Waals surface area contributed by atoms with Gasteiger partial charge in [-0.15, -0.1) is 0 Å². The Labute approximate surface area is 152 Å². The number of fused-ring (bicyclic) bond motifs is 1. The molecule has 0 atom stereocenters. The predicted molar refractivity (Wildman–Crippen MR) is 102 cm³/mol. The maximum Gasteiger partial charge on any atom is 0.224 e. The molecule has 0 unspecified atom stereocenters.